The van der Waals surface area contributed by atoms with Crippen molar-refractivity contribution in [3.63, 3.8) is 0 Å². The van der Waals surface area contributed by atoms with Gasteiger partial charge in [-0.25, -0.2) is 0 Å². The Hall–Kier alpha value is -3.50. The normalized spacial score (nSPS) is 22.9. The van der Waals surface area contributed by atoms with E-state index in [1.54, 1.807) is 29.2 Å². The molecular formula is C37H43Cl2N3O6. The Morgan fingerprint density at radius 1 is 0.854 bits per heavy atom. The fraction of sp³-hybridized carbons (Fsp3) is 0.459. The van der Waals surface area contributed by atoms with E-state index >= 15 is 0 Å². The van der Waals surface area contributed by atoms with Gasteiger partial charge in [0.05, 0.1) is 44.0 Å². The van der Waals surface area contributed by atoms with E-state index in [9.17, 15) is 9.59 Å². The maximum Gasteiger partial charge on any atom is 0.256 e. The lowest BCUT2D eigenvalue weighted by atomic mass is 9.86. The first-order valence-electron chi connectivity index (χ1n) is 16.6. The number of halogens is 2. The summed E-state index contributed by atoms with van der Waals surface area (Å²) in [6.45, 7) is 3.70. The molecule has 256 valence electrons. The first kappa shape index (κ1) is 34.4. The van der Waals surface area contributed by atoms with Gasteiger partial charge in [-0.15, -0.1) is 0 Å². The van der Waals surface area contributed by atoms with E-state index in [1.807, 2.05) is 12.1 Å². The highest BCUT2D eigenvalue weighted by Crippen LogP contribution is 2.41. The van der Waals surface area contributed by atoms with Crippen LogP contribution < -0.4 is 14.2 Å². The standard InChI is InChI=1S/C37H43Cl2N3O6/c1-45-32-21-27(22-33(46-2)34(32)47-3)36(44)42-23-28(48-37(42)26-11-12-29(38)30(39)19-26)14-18-40-17-13-25(35(43)41-15-7-8-16-41)20-31(40)24-9-5-4-6-10-24/h4-6,9-12,19,21-22,25,28,31,37H,7-8,13-18,20,23H2,1-3H3/t25?,28-,31?,37?/m1/s1. The molecule has 3 fully saturated rings. The molecule has 0 aromatic heterocycles. The zero-order chi connectivity index (χ0) is 33.8. The average Bonchev–Trinajstić information content (AvgIpc) is 3.82. The molecule has 0 N–H and O–H groups in total. The van der Waals surface area contributed by atoms with Crippen LogP contribution in [-0.2, 0) is 9.53 Å². The lowest BCUT2D eigenvalue weighted by molar-refractivity contribution is -0.136. The van der Waals surface area contributed by atoms with Gasteiger partial charge in [-0.1, -0.05) is 59.6 Å². The van der Waals surface area contributed by atoms with Gasteiger partial charge in [-0.3, -0.25) is 14.5 Å². The minimum absolute atomic E-state index is 0.0258. The first-order chi connectivity index (χ1) is 23.3. The van der Waals surface area contributed by atoms with Crippen molar-refractivity contribution in [2.24, 2.45) is 5.92 Å². The van der Waals surface area contributed by atoms with Crippen LogP contribution in [0.1, 0.15) is 65.9 Å². The average molecular weight is 697 g/mol. The largest absolute Gasteiger partial charge is 0.493 e. The number of benzene rings is 3. The van der Waals surface area contributed by atoms with Gasteiger partial charge in [-0.05, 0) is 68.5 Å². The SMILES string of the molecule is COc1cc(C(=O)N2C[C@@H](CCN3CCC(C(=O)N4CCCC4)CC3c3ccccc3)OC2c2ccc(Cl)c(Cl)c2)cc(OC)c1OC. The number of rotatable bonds is 10. The number of amides is 2. The van der Waals surface area contributed by atoms with Crippen LogP contribution in [0.2, 0.25) is 10.0 Å². The van der Waals surface area contributed by atoms with Crippen molar-refractivity contribution in [2.45, 2.75) is 50.5 Å². The van der Waals surface area contributed by atoms with Crippen LogP contribution >= 0.6 is 23.2 Å². The Kier molecular flexibility index (Phi) is 11.0. The third-order valence-corrected chi connectivity index (χ3v) is 10.5. The molecule has 3 aromatic carbocycles. The number of likely N-dealkylation sites (tertiary alicyclic amines) is 2. The number of nitrogens with zero attached hydrogens (tertiary/aromatic N) is 3. The summed E-state index contributed by atoms with van der Waals surface area (Å²) in [5, 5.41) is 0.814. The molecule has 9 nitrogen and oxygen atoms in total. The Bertz CT molecular complexity index is 1580. The topological polar surface area (TPSA) is 80.8 Å². The fourth-order valence-electron chi connectivity index (χ4n) is 7.29. The zero-order valence-corrected chi connectivity index (χ0v) is 29.2. The third kappa shape index (κ3) is 7.25. The van der Waals surface area contributed by atoms with E-state index in [1.165, 1.54) is 26.9 Å². The number of ether oxygens (including phenoxy) is 4. The predicted octanol–water partition coefficient (Wildman–Crippen LogP) is 7.02. The molecule has 48 heavy (non-hydrogen) atoms. The highest BCUT2D eigenvalue weighted by Gasteiger charge is 2.40. The molecule has 0 saturated carbocycles. The lowest BCUT2D eigenvalue weighted by Gasteiger charge is -2.40. The quantitative estimate of drug-likeness (QED) is 0.225. The smallest absolute Gasteiger partial charge is 0.256 e. The summed E-state index contributed by atoms with van der Waals surface area (Å²) in [4.78, 5) is 33.9. The van der Waals surface area contributed by atoms with E-state index in [0.717, 1.165) is 57.4 Å². The van der Waals surface area contributed by atoms with Gasteiger partial charge in [-0.2, -0.15) is 0 Å². The first-order valence-corrected chi connectivity index (χ1v) is 17.4. The van der Waals surface area contributed by atoms with E-state index in [4.69, 9.17) is 42.1 Å². The molecule has 11 heteroatoms. The second-order valence-electron chi connectivity index (χ2n) is 12.7. The van der Waals surface area contributed by atoms with E-state index in [0.29, 0.717) is 51.7 Å². The summed E-state index contributed by atoms with van der Waals surface area (Å²) >= 11 is 12.7. The Morgan fingerprint density at radius 3 is 2.21 bits per heavy atom. The molecule has 2 amide bonds. The number of methoxy groups -OCH3 is 3. The summed E-state index contributed by atoms with van der Waals surface area (Å²) in [6, 6.07) is 19.2. The number of carbonyl (C=O) groups excluding carboxylic acids is 2. The minimum atomic E-state index is -0.676. The van der Waals surface area contributed by atoms with Crippen molar-refractivity contribution in [1.82, 2.24) is 14.7 Å². The van der Waals surface area contributed by atoms with Gasteiger partial charge in [0.15, 0.2) is 17.7 Å². The predicted molar refractivity (Wildman–Crippen MR) is 185 cm³/mol. The van der Waals surface area contributed by atoms with Crippen molar-refractivity contribution in [2.75, 3.05) is 54.1 Å². The van der Waals surface area contributed by atoms with Crippen LogP contribution in [0.3, 0.4) is 0 Å². The summed E-state index contributed by atoms with van der Waals surface area (Å²) in [6.07, 6.45) is 3.60. The van der Waals surface area contributed by atoms with Gasteiger partial charge in [0.25, 0.3) is 5.91 Å². The van der Waals surface area contributed by atoms with Crippen LogP contribution in [0.15, 0.2) is 60.7 Å². The molecule has 3 aromatic rings. The summed E-state index contributed by atoms with van der Waals surface area (Å²) in [7, 11) is 4.57. The Labute approximate surface area is 292 Å². The zero-order valence-electron chi connectivity index (χ0n) is 27.7. The highest BCUT2D eigenvalue weighted by atomic mass is 35.5. The fourth-order valence-corrected chi connectivity index (χ4v) is 7.60. The van der Waals surface area contributed by atoms with Gasteiger partial charge >= 0.3 is 0 Å². The van der Waals surface area contributed by atoms with Crippen molar-refractivity contribution in [1.29, 1.82) is 0 Å². The molecular weight excluding hydrogens is 653 g/mol. The summed E-state index contributed by atoms with van der Waals surface area (Å²) < 4.78 is 23.2. The maximum atomic E-state index is 14.2. The van der Waals surface area contributed by atoms with Crippen molar-refractivity contribution >= 4 is 35.0 Å². The van der Waals surface area contributed by atoms with Crippen LogP contribution in [0.25, 0.3) is 0 Å². The van der Waals surface area contributed by atoms with E-state index in [2.05, 4.69) is 34.1 Å². The van der Waals surface area contributed by atoms with Crippen LogP contribution in [-0.4, -0.2) is 86.7 Å². The van der Waals surface area contributed by atoms with Crippen LogP contribution in [0, 0.1) is 5.92 Å². The van der Waals surface area contributed by atoms with Gasteiger partial charge in [0.2, 0.25) is 11.7 Å². The molecule has 3 unspecified atom stereocenters. The van der Waals surface area contributed by atoms with Gasteiger partial charge in [0, 0.05) is 42.7 Å². The molecule has 3 aliphatic rings. The van der Waals surface area contributed by atoms with Gasteiger partial charge < -0.3 is 28.7 Å². The molecule has 0 bridgehead atoms. The van der Waals surface area contributed by atoms with Crippen molar-refractivity contribution in [3.05, 3.63) is 87.4 Å². The Balaban J connectivity index is 1.22. The molecule has 3 aliphatic heterocycles. The number of piperidine rings is 1. The van der Waals surface area contributed by atoms with E-state index < -0.39 is 6.23 Å². The second kappa shape index (κ2) is 15.4. The molecule has 0 radical (unpaired) electrons. The third-order valence-electron chi connectivity index (χ3n) is 9.81. The van der Waals surface area contributed by atoms with Crippen LogP contribution in [0.5, 0.6) is 17.2 Å². The number of hydrogen-bond donors (Lipinski definition) is 0. The monoisotopic (exact) mass is 695 g/mol. The van der Waals surface area contributed by atoms with Crippen molar-refractivity contribution in [3.8, 4) is 17.2 Å². The highest BCUT2D eigenvalue weighted by molar-refractivity contribution is 6.42. The molecule has 4 atom stereocenters. The Morgan fingerprint density at radius 2 is 1.56 bits per heavy atom. The van der Waals surface area contributed by atoms with Crippen LogP contribution in [0.4, 0.5) is 0 Å². The summed E-state index contributed by atoms with van der Waals surface area (Å²) in [5.41, 5.74) is 2.33. The van der Waals surface area contributed by atoms with E-state index in [-0.39, 0.29) is 24.0 Å². The summed E-state index contributed by atoms with van der Waals surface area (Å²) in [5.74, 6) is 1.28. The minimum Gasteiger partial charge on any atom is -0.493 e. The molecule has 3 saturated heterocycles. The second-order valence-corrected chi connectivity index (χ2v) is 13.5. The number of hydrogen-bond acceptors (Lipinski definition) is 7. The molecule has 6 rings (SSSR count). The lowest BCUT2D eigenvalue weighted by Crippen LogP contribution is -2.44. The molecule has 0 aliphatic carbocycles. The maximum absolute atomic E-state index is 14.2. The van der Waals surface area contributed by atoms with Crippen molar-refractivity contribution < 1.29 is 28.5 Å². The molecule has 3 heterocycles. The van der Waals surface area contributed by atoms with Gasteiger partial charge in [0.1, 0.15) is 0 Å². The molecule has 0 spiro atoms. The number of carbonyl (C=O) groups is 2.